The van der Waals surface area contributed by atoms with Gasteiger partial charge >= 0.3 is 0 Å². The highest BCUT2D eigenvalue weighted by molar-refractivity contribution is 7.88. The Balaban J connectivity index is 1.86. The van der Waals surface area contributed by atoms with E-state index in [1.165, 1.54) is 0 Å². The summed E-state index contributed by atoms with van der Waals surface area (Å²) >= 11 is 0. The molecule has 0 radical (unpaired) electrons. The predicted octanol–water partition coefficient (Wildman–Crippen LogP) is 1.90. The first kappa shape index (κ1) is 17.0. The van der Waals surface area contributed by atoms with Gasteiger partial charge in [0.25, 0.3) is 0 Å². The Labute approximate surface area is 132 Å². The van der Waals surface area contributed by atoms with E-state index in [1.54, 1.807) is 4.31 Å². The van der Waals surface area contributed by atoms with Gasteiger partial charge in [-0.3, -0.25) is 4.79 Å². The lowest BCUT2D eigenvalue weighted by Crippen LogP contribution is -2.46. The molecule has 5 nitrogen and oxygen atoms in total. The summed E-state index contributed by atoms with van der Waals surface area (Å²) in [4.78, 5) is 11.6. The molecule has 1 heterocycles. The molecule has 0 saturated carbocycles. The molecule has 1 aliphatic heterocycles. The summed E-state index contributed by atoms with van der Waals surface area (Å²) in [5, 5.41) is 2.98. The van der Waals surface area contributed by atoms with Crippen LogP contribution in [0.1, 0.15) is 38.2 Å². The van der Waals surface area contributed by atoms with Crippen molar-refractivity contribution in [3.8, 4) is 0 Å². The zero-order valence-electron chi connectivity index (χ0n) is 13.0. The fourth-order valence-corrected chi connectivity index (χ4v) is 4.24. The number of amides is 1. The second-order valence-corrected chi connectivity index (χ2v) is 7.70. The average Bonchev–Trinajstić information content (AvgIpc) is 2.48. The molecular formula is C16H24N2O3S. The van der Waals surface area contributed by atoms with Gasteiger partial charge in [0.15, 0.2) is 0 Å². The number of hydrogen-bond donors (Lipinski definition) is 1. The van der Waals surface area contributed by atoms with Crippen molar-refractivity contribution in [3.63, 3.8) is 0 Å². The van der Waals surface area contributed by atoms with E-state index in [0.29, 0.717) is 32.4 Å². The van der Waals surface area contributed by atoms with Crippen LogP contribution in [0.4, 0.5) is 0 Å². The second kappa shape index (κ2) is 7.74. The summed E-state index contributed by atoms with van der Waals surface area (Å²) in [7, 11) is -3.28. The SMILES string of the molecule is CCCC(=O)NC1CCN(S(=O)(=O)Cc2ccccc2)CC1. The third kappa shape index (κ3) is 4.81. The second-order valence-electron chi connectivity index (χ2n) is 5.73. The summed E-state index contributed by atoms with van der Waals surface area (Å²) in [6, 6.07) is 9.33. The largest absolute Gasteiger partial charge is 0.353 e. The summed E-state index contributed by atoms with van der Waals surface area (Å²) < 4.78 is 26.4. The molecule has 6 heteroatoms. The Morgan fingerprint density at radius 1 is 1.23 bits per heavy atom. The molecule has 1 fully saturated rings. The molecular weight excluding hydrogens is 300 g/mol. The van der Waals surface area contributed by atoms with Crippen LogP contribution < -0.4 is 5.32 Å². The van der Waals surface area contributed by atoms with Crippen molar-refractivity contribution in [2.45, 2.75) is 44.4 Å². The van der Waals surface area contributed by atoms with Crippen molar-refractivity contribution in [2.24, 2.45) is 0 Å². The van der Waals surface area contributed by atoms with Crippen molar-refractivity contribution < 1.29 is 13.2 Å². The molecule has 1 N–H and O–H groups in total. The molecule has 1 amide bonds. The van der Waals surface area contributed by atoms with Gasteiger partial charge < -0.3 is 5.32 Å². The van der Waals surface area contributed by atoms with E-state index >= 15 is 0 Å². The van der Waals surface area contributed by atoms with E-state index < -0.39 is 10.0 Å². The zero-order valence-corrected chi connectivity index (χ0v) is 13.8. The highest BCUT2D eigenvalue weighted by atomic mass is 32.2. The molecule has 0 unspecified atom stereocenters. The number of nitrogens with one attached hydrogen (secondary N) is 1. The summed E-state index contributed by atoms with van der Waals surface area (Å²) in [6.45, 7) is 2.93. The quantitative estimate of drug-likeness (QED) is 0.869. The molecule has 2 rings (SSSR count). The van der Waals surface area contributed by atoms with Crippen LogP contribution in [0.5, 0.6) is 0 Å². The Bertz CT molecular complexity index is 579. The number of rotatable bonds is 6. The third-order valence-electron chi connectivity index (χ3n) is 3.88. The molecule has 1 aliphatic rings. The van der Waals surface area contributed by atoms with Crippen LogP contribution in [0.15, 0.2) is 30.3 Å². The van der Waals surface area contributed by atoms with Gasteiger partial charge in [0.2, 0.25) is 15.9 Å². The molecule has 0 spiro atoms. The molecule has 1 aromatic rings. The van der Waals surface area contributed by atoms with Crippen molar-refractivity contribution in [3.05, 3.63) is 35.9 Å². The third-order valence-corrected chi connectivity index (χ3v) is 5.73. The van der Waals surface area contributed by atoms with Crippen molar-refractivity contribution in [2.75, 3.05) is 13.1 Å². The topological polar surface area (TPSA) is 66.5 Å². The molecule has 22 heavy (non-hydrogen) atoms. The Morgan fingerprint density at radius 2 is 1.86 bits per heavy atom. The van der Waals surface area contributed by atoms with Gasteiger partial charge in [0, 0.05) is 25.6 Å². The fraction of sp³-hybridized carbons (Fsp3) is 0.562. The molecule has 0 aromatic heterocycles. The molecule has 0 bridgehead atoms. The van der Waals surface area contributed by atoms with E-state index in [2.05, 4.69) is 5.32 Å². The number of carbonyl (C=O) groups excluding carboxylic acids is 1. The first-order valence-corrected chi connectivity index (χ1v) is 9.43. The maximum atomic E-state index is 12.4. The van der Waals surface area contributed by atoms with Gasteiger partial charge in [-0.05, 0) is 24.8 Å². The van der Waals surface area contributed by atoms with E-state index in [9.17, 15) is 13.2 Å². The van der Waals surface area contributed by atoms with Crippen LogP contribution in [-0.2, 0) is 20.6 Å². The maximum absolute atomic E-state index is 12.4. The van der Waals surface area contributed by atoms with E-state index in [-0.39, 0.29) is 17.7 Å². The number of sulfonamides is 1. The fourth-order valence-electron chi connectivity index (χ4n) is 2.68. The van der Waals surface area contributed by atoms with E-state index in [1.807, 2.05) is 37.3 Å². The Kier molecular flexibility index (Phi) is 5.97. The highest BCUT2D eigenvalue weighted by Crippen LogP contribution is 2.17. The van der Waals surface area contributed by atoms with E-state index in [0.717, 1.165) is 12.0 Å². The minimum atomic E-state index is -3.28. The molecule has 0 atom stereocenters. The molecule has 1 aromatic carbocycles. The van der Waals surface area contributed by atoms with Crippen molar-refractivity contribution >= 4 is 15.9 Å². The number of benzene rings is 1. The number of piperidine rings is 1. The number of hydrogen-bond acceptors (Lipinski definition) is 3. The van der Waals surface area contributed by atoms with Crippen LogP contribution in [0.3, 0.4) is 0 Å². The van der Waals surface area contributed by atoms with Gasteiger partial charge in [-0.1, -0.05) is 37.3 Å². The Hall–Kier alpha value is -1.40. The zero-order chi connectivity index (χ0) is 16.0. The molecule has 1 saturated heterocycles. The van der Waals surface area contributed by atoms with Crippen LogP contribution in [-0.4, -0.2) is 37.8 Å². The molecule has 122 valence electrons. The smallest absolute Gasteiger partial charge is 0.220 e. The standard InChI is InChI=1S/C16H24N2O3S/c1-2-6-16(19)17-15-9-11-18(12-10-15)22(20,21)13-14-7-4-3-5-8-14/h3-5,7-8,15H,2,6,9-13H2,1H3,(H,17,19). The Morgan fingerprint density at radius 3 is 2.45 bits per heavy atom. The van der Waals surface area contributed by atoms with Crippen LogP contribution >= 0.6 is 0 Å². The average molecular weight is 324 g/mol. The lowest BCUT2D eigenvalue weighted by molar-refractivity contribution is -0.122. The highest BCUT2D eigenvalue weighted by Gasteiger charge is 2.28. The molecule has 0 aliphatic carbocycles. The van der Waals surface area contributed by atoms with E-state index in [4.69, 9.17) is 0 Å². The van der Waals surface area contributed by atoms with Gasteiger partial charge in [-0.25, -0.2) is 12.7 Å². The summed E-state index contributed by atoms with van der Waals surface area (Å²) in [6.07, 6.45) is 2.73. The minimum Gasteiger partial charge on any atom is -0.353 e. The van der Waals surface area contributed by atoms with Crippen molar-refractivity contribution in [1.29, 1.82) is 0 Å². The number of nitrogens with zero attached hydrogens (tertiary/aromatic N) is 1. The first-order valence-electron chi connectivity index (χ1n) is 7.82. The summed E-state index contributed by atoms with van der Waals surface area (Å²) in [5.41, 5.74) is 0.806. The number of carbonyl (C=O) groups is 1. The minimum absolute atomic E-state index is 0.0424. The summed E-state index contributed by atoms with van der Waals surface area (Å²) in [5.74, 6) is 0.105. The predicted molar refractivity (Wildman–Crippen MR) is 86.7 cm³/mol. The lowest BCUT2D eigenvalue weighted by atomic mass is 10.1. The van der Waals surface area contributed by atoms with Crippen molar-refractivity contribution in [1.82, 2.24) is 9.62 Å². The lowest BCUT2D eigenvalue weighted by Gasteiger charge is -2.31. The van der Waals surface area contributed by atoms with Crippen LogP contribution in [0.25, 0.3) is 0 Å². The maximum Gasteiger partial charge on any atom is 0.220 e. The van der Waals surface area contributed by atoms with Gasteiger partial charge in [0.05, 0.1) is 5.75 Å². The monoisotopic (exact) mass is 324 g/mol. The first-order chi connectivity index (χ1) is 10.5. The van der Waals surface area contributed by atoms with Crippen LogP contribution in [0.2, 0.25) is 0 Å². The van der Waals surface area contributed by atoms with Crippen LogP contribution in [0, 0.1) is 0 Å². The van der Waals surface area contributed by atoms with Gasteiger partial charge in [-0.2, -0.15) is 0 Å². The van der Waals surface area contributed by atoms with Gasteiger partial charge in [-0.15, -0.1) is 0 Å². The normalized spacial score (nSPS) is 17.3. The van der Waals surface area contributed by atoms with Gasteiger partial charge in [0.1, 0.15) is 0 Å².